The van der Waals surface area contributed by atoms with Gasteiger partial charge in [-0.2, -0.15) is 0 Å². The predicted molar refractivity (Wildman–Crippen MR) is 62.2 cm³/mol. The molecule has 7 heteroatoms. The molecular weight excluding hydrogens is 240 g/mol. The molecular formula is C11H18N2O5. The molecule has 7 nitrogen and oxygen atoms in total. The molecule has 0 aromatic carbocycles. The number of urea groups is 1. The van der Waals surface area contributed by atoms with Gasteiger partial charge in [0.05, 0.1) is 0 Å². The first-order valence-electron chi connectivity index (χ1n) is 6.00. The van der Waals surface area contributed by atoms with Gasteiger partial charge in [0.1, 0.15) is 6.04 Å². The van der Waals surface area contributed by atoms with Gasteiger partial charge in [-0.3, -0.25) is 4.79 Å². The highest BCUT2D eigenvalue weighted by Crippen LogP contribution is 2.17. The fraction of sp³-hybridized carbons (Fsp3) is 0.727. The number of amides is 2. The number of carbonyl (C=O) groups is 3. The largest absolute Gasteiger partial charge is 0.481 e. The van der Waals surface area contributed by atoms with Crippen LogP contribution in [0, 0.1) is 0 Å². The Balaban J connectivity index is 2.29. The predicted octanol–water partition coefficient (Wildman–Crippen LogP) is 0.546. The molecule has 2 amide bonds. The van der Waals surface area contributed by atoms with Crippen LogP contribution in [-0.2, 0) is 9.59 Å². The highest BCUT2D eigenvalue weighted by molar-refractivity contribution is 5.82. The molecule has 0 saturated heterocycles. The third-order valence-electron chi connectivity index (χ3n) is 2.93. The van der Waals surface area contributed by atoms with E-state index < -0.39 is 24.0 Å². The van der Waals surface area contributed by atoms with Crippen LogP contribution in [0.15, 0.2) is 0 Å². The Morgan fingerprint density at radius 2 is 1.89 bits per heavy atom. The van der Waals surface area contributed by atoms with Gasteiger partial charge in [0.2, 0.25) is 0 Å². The molecule has 0 heterocycles. The number of rotatable bonds is 7. The summed E-state index contributed by atoms with van der Waals surface area (Å²) in [7, 11) is 0. The number of hydrogen-bond acceptors (Lipinski definition) is 3. The van der Waals surface area contributed by atoms with Gasteiger partial charge in [-0.25, -0.2) is 9.59 Å². The fourth-order valence-corrected chi connectivity index (χ4v) is 1.65. The second-order valence-corrected chi connectivity index (χ2v) is 4.42. The molecule has 1 atom stereocenters. The van der Waals surface area contributed by atoms with Crippen LogP contribution in [0.3, 0.4) is 0 Å². The second-order valence-electron chi connectivity index (χ2n) is 4.42. The van der Waals surface area contributed by atoms with Crippen molar-refractivity contribution in [2.24, 2.45) is 0 Å². The topological polar surface area (TPSA) is 116 Å². The molecule has 1 aliphatic rings. The highest BCUT2D eigenvalue weighted by atomic mass is 16.4. The summed E-state index contributed by atoms with van der Waals surface area (Å²) in [6, 6.07) is -1.40. The summed E-state index contributed by atoms with van der Waals surface area (Å²) in [5.74, 6) is -2.12. The van der Waals surface area contributed by atoms with Crippen molar-refractivity contribution in [2.45, 2.75) is 50.6 Å². The maximum Gasteiger partial charge on any atom is 0.326 e. The highest BCUT2D eigenvalue weighted by Gasteiger charge is 2.23. The average molecular weight is 258 g/mol. The van der Waals surface area contributed by atoms with E-state index in [0.717, 1.165) is 19.3 Å². The first-order valence-corrected chi connectivity index (χ1v) is 6.00. The van der Waals surface area contributed by atoms with E-state index in [9.17, 15) is 14.4 Å². The van der Waals surface area contributed by atoms with Crippen LogP contribution in [0.4, 0.5) is 4.79 Å². The lowest BCUT2D eigenvalue weighted by Gasteiger charge is -2.27. The van der Waals surface area contributed by atoms with Gasteiger partial charge >= 0.3 is 18.0 Å². The van der Waals surface area contributed by atoms with Crippen molar-refractivity contribution >= 4 is 18.0 Å². The Labute approximate surface area is 105 Å². The summed E-state index contributed by atoms with van der Waals surface area (Å²) < 4.78 is 0. The van der Waals surface area contributed by atoms with E-state index in [1.165, 1.54) is 0 Å². The van der Waals surface area contributed by atoms with Crippen molar-refractivity contribution < 1.29 is 24.6 Å². The SMILES string of the molecule is O=C(O)CCC[C@@H](NC(=O)NC1CCC1)C(=O)O. The third-order valence-corrected chi connectivity index (χ3v) is 2.93. The van der Waals surface area contributed by atoms with Crippen molar-refractivity contribution in [1.82, 2.24) is 10.6 Å². The monoisotopic (exact) mass is 258 g/mol. The summed E-state index contributed by atoms with van der Waals surface area (Å²) in [6.45, 7) is 0. The summed E-state index contributed by atoms with van der Waals surface area (Å²) >= 11 is 0. The number of hydrogen-bond donors (Lipinski definition) is 4. The molecule has 1 fully saturated rings. The molecule has 0 aromatic heterocycles. The lowest BCUT2D eigenvalue weighted by Crippen LogP contribution is -2.50. The summed E-state index contributed by atoms with van der Waals surface area (Å²) in [5, 5.41) is 22.4. The summed E-state index contributed by atoms with van der Waals surface area (Å²) in [4.78, 5) is 32.7. The molecule has 0 aliphatic heterocycles. The van der Waals surface area contributed by atoms with E-state index in [4.69, 9.17) is 10.2 Å². The van der Waals surface area contributed by atoms with Gasteiger partial charge in [-0.15, -0.1) is 0 Å². The number of carboxylic acid groups (broad SMARTS) is 2. The quantitative estimate of drug-likeness (QED) is 0.532. The van der Waals surface area contributed by atoms with Gasteiger partial charge in [0.15, 0.2) is 0 Å². The normalized spacial score (nSPS) is 16.4. The van der Waals surface area contributed by atoms with Crippen LogP contribution in [0.2, 0.25) is 0 Å². The van der Waals surface area contributed by atoms with Crippen molar-refractivity contribution in [3.8, 4) is 0 Å². The van der Waals surface area contributed by atoms with E-state index in [1.807, 2.05) is 0 Å². The maximum atomic E-state index is 11.5. The molecule has 0 unspecified atom stereocenters. The smallest absolute Gasteiger partial charge is 0.326 e. The van der Waals surface area contributed by atoms with Crippen molar-refractivity contribution in [3.63, 3.8) is 0 Å². The number of nitrogens with one attached hydrogen (secondary N) is 2. The number of carboxylic acids is 2. The second kappa shape index (κ2) is 6.83. The van der Waals surface area contributed by atoms with Crippen LogP contribution in [-0.4, -0.2) is 40.3 Å². The molecule has 1 aliphatic carbocycles. The molecule has 18 heavy (non-hydrogen) atoms. The minimum Gasteiger partial charge on any atom is -0.481 e. The first-order chi connectivity index (χ1) is 8.49. The van der Waals surface area contributed by atoms with Gasteiger partial charge in [0, 0.05) is 12.5 Å². The van der Waals surface area contributed by atoms with Crippen molar-refractivity contribution in [1.29, 1.82) is 0 Å². The van der Waals surface area contributed by atoms with Crippen LogP contribution in [0.1, 0.15) is 38.5 Å². The van der Waals surface area contributed by atoms with E-state index in [2.05, 4.69) is 10.6 Å². The zero-order valence-electron chi connectivity index (χ0n) is 10.0. The zero-order valence-corrected chi connectivity index (χ0v) is 10.0. The Morgan fingerprint density at radius 1 is 1.22 bits per heavy atom. The van der Waals surface area contributed by atoms with Gasteiger partial charge < -0.3 is 20.8 Å². The zero-order chi connectivity index (χ0) is 13.5. The minimum atomic E-state index is -1.15. The Hall–Kier alpha value is -1.79. The molecule has 102 valence electrons. The number of aliphatic carboxylic acids is 2. The van der Waals surface area contributed by atoms with Gasteiger partial charge in [-0.05, 0) is 32.1 Å². The molecule has 0 radical (unpaired) electrons. The van der Waals surface area contributed by atoms with E-state index in [0.29, 0.717) is 0 Å². The van der Waals surface area contributed by atoms with Crippen LogP contribution < -0.4 is 10.6 Å². The number of carbonyl (C=O) groups excluding carboxylic acids is 1. The first kappa shape index (κ1) is 14.3. The van der Waals surface area contributed by atoms with Crippen molar-refractivity contribution in [2.75, 3.05) is 0 Å². The maximum absolute atomic E-state index is 11.5. The third kappa shape index (κ3) is 5.03. The fourth-order valence-electron chi connectivity index (χ4n) is 1.65. The lowest BCUT2D eigenvalue weighted by atomic mass is 9.93. The molecule has 1 saturated carbocycles. The summed E-state index contributed by atoms with van der Waals surface area (Å²) in [5.41, 5.74) is 0. The Kier molecular flexibility index (Phi) is 5.41. The Morgan fingerprint density at radius 3 is 2.33 bits per heavy atom. The van der Waals surface area contributed by atoms with Crippen LogP contribution >= 0.6 is 0 Å². The molecule has 4 N–H and O–H groups in total. The van der Waals surface area contributed by atoms with Gasteiger partial charge in [-0.1, -0.05) is 0 Å². The van der Waals surface area contributed by atoms with Crippen LogP contribution in [0.25, 0.3) is 0 Å². The van der Waals surface area contributed by atoms with Crippen molar-refractivity contribution in [3.05, 3.63) is 0 Å². The van der Waals surface area contributed by atoms with Gasteiger partial charge in [0.25, 0.3) is 0 Å². The molecule has 1 rings (SSSR count). The van der Waals surface area contributed by atoms with E-state index in [1.54, 1.807) is 0 Å². The molecule has 0 aromatic rings. The Bertz CT molecular complexity index is 327. The van der Waals surface area contributed by atoms with Crippen LogP contribution in [0.5, 0.6) is 0 Å². The standard InChI is InChI=1S/C11H18N2O5/c14-9(15)6-2-5-8(10(16)17)13-11(18)12-7-3-1-4-7/h7-8H,1-6H2,(H,14,15)(H,16,17)(H2,12,13,18)/t8-/m1/s1. The minimum absolute atomic E-state index is 0.101. The van der Waals surface area contributed by atoms with E-state index >= 15 is 0 Å². The summed E-state index contributed by atoms with van der Waals surface area (Å²) in [6.07, 6.45) is 3.14. The lowest BCUT2D eigenvalue weighted by molar-refractivity contribution is -0.140. The average Bonchev–Trinajstić information content (AvgIpc) is 2.21. The van der Waals surface area contributed by atoms with E-state index in [-0.39, 0.29) is 25.3 Å². The molecule has 0 bridgehead atoms. The molecule has 0 spiro atoms.